The molecule has 56 valence electrons. The summed E-state index contributed by atoms with van der Waals surface area (Å²) < 4.78 is 0. The molecule has 3 nitrogen and oxygen atoms in total. The third kappa shape index (κ3) is 2.20. The van der Waals surface area contributed by atoms with E-state index in [-0.39, 0.29) is 5.82 Å². The van der Waals surface area contributed by atoms with Gasteiger partial charge < -0.3 is 0 Å². The maximum Gasteiger partial charge on any atom is 0.232 e. The largest absolute Gasteiger partial charge is 0.232 e. The van der Waals surface area contributed by atoms with Gasteiger partial charge in [0.1, 0.15) is 6.07 Å². The lowest BCUT2D eigenvalue weighted by atomic mass is 10.6. The first-order valence-electron chi connectivity index (χ1n) is 3.21. The van der Waals surface area contributed by atoms with Crippen molar-refractivity contribution in [2.75, 3.05) is 5.75 Å². The van der Waals surface area contributed by atoms with Crippen molar-refractivity contribution in [3.05, 3.63) is 18.2 Å². The molecule has 0 aliphatic heterocycles. The fourth-order valence-electron chi connectivity index (χ4n) is 0.615. The normalized spacial score (nSPS) is 9.09. The molecule has 0 radical (unpaired) electrons. The minimum atomic E-state index is 0.227. The van der Waals surface area contributed by atoms with Crippen LogP contribution < -0.4 is 0 Å². The molecule has 0 aromatic carbocycles. The number of nitriles is 1. The molecular formula is C7H7N3S. The summed E-state index contributed by atoms with van der Waals surface area (Å²) >= 11 is 1.66. The standard InChI is InChI=1S/C7H7N3S/c1-2-11-6-4-9-7(3-8)10-5-6/h4-5H,2H2,1H3. The molecule has 0 aliphatic carbocycles. The molecule has 0 saturated heterocycles. The van der Waals surface area contributed by atoms with Crippen molar-refractivity contribution in [1.29, 1.82) is 5.26 Å². The van der Waals surface area contributed by atoms with Gasteiger partial charge in [0.2, 0.25) is 5.82 Å². The van der Waals surface area contributed by atoms with Gasteiger partial charge in [-0.15, -0.1) is 11.8 Å². The molecule has 0 unspecified atom stereocenters. The van der Waals surface area contributed by atoms with E-state index < -0.39 is 0 Å². The van der Waals surface area contributed by atoms with Gasteiger partial charge in [0.05, 0.1) is 0 Å². The highest BCUT2D eigenvalue weighted by Gasteiger charge is 1.94. The monoisotopic (exact) mass is 165 g/mol. The van der Waals surface area contributed by atoms with Gasteiger partial charge in [-0.1, -0.05) is 6.92 Å². The van der Waals surface area contributed by atoms with E-state index in [0.717, 1.165) is 10.6 Å². The Morgan fingerprint density at radius 3 is 2.64 bits per heavy atom. The maximum atomic E-state index is 8.38. The maximum absolute atomic E-state index is 8.38. The van der Waals surface area contributed by atoms with E-state index in [2.05, 4.69) is 16.9 Å². The number of thioether (sulfide) groups is 1. The fraction of sp³-hybridized carbons (Fsp3) is 0.286. The van der Waals surface area contributed by atoms with Crippen LogP contribution in [-0.2, 0) is 0 Å². The zero-order valence-corrected chi connectivity index (χ0v) is 6.93. The molecule has 1 aromatic rings. The second-order valence-electron chi connectivity index (χ2n) is 1.79. The Bertz CT molecular complexity index is 262. The molecule has 0 bridgehead atoms. The summed E-state index contributed by atoms with van der Waals surface area (Å²) in [6.07, 6.45) is 3.33. The Hall–Kier alpha value is -1.08. The van der Waals surface area contributed by atoms with Crippen molar-refractivity contribution in [2.45, 2.75) is 11.8 Å². The van der Waals surface area contributed by atoms with Crippen molar-refractivity contribution in [3.63, 3.8) is 0 Å². The fourth-order valence-corrected chi connectivity index (χ4v) is 1.20. The van der Waals surface area contributed by atoms with Crippen LogP contribution in [0.15, 0.2) is 17.3 Å². The van der Waals surface area contributed by atoms with Crippen molar-refractivity contribution in [3.8, 4) is 6.07 Å². The molecule has 0 aliphatic rings. The number of rotatable bonds is 2. The SMILES string of the molecule is CCSc1cnc(C#N)nc1. The Kier molecular flexibility index (Phi) is 2.87. The van der Waals surface area contributed by atoms with Crippen molar-refractivity contribution in [2.24, 2.45) is 0 Å². The minimum Gasteiger partial charge on any atom is -0.226 e. The Balaban J connectivity index is 2.76. The first kappa shape index (κ1) is 8.02. The van der Waals surface area contributed by atoms with Crippen LogP contribution in [0.1, 0.15) is 12.7 Å². The quantitative estimate of drug-likeness (QED) is 0.622. The average Bonchev–Trinajstić information content (AvgIpc) is 2.07. The van der Waals surface area contributed by atoms with Crippen molar-refractivity contribution in [1.82, 2.24) is 9.97 Å². The van der Waals surface area contributed by atoms with Gasteiger partial charge in [-0.25, -0.2) is 9.97 Å². The number of nitrogens with zero attached hydrogens (tertiary/aromatic N) is 3. The zero-order chi connectivity index (χ0) is 8.10. The molecule has 0 saturated carbocycles. The van der Waals surface area contributed by atoms with E-state index in [4.69, 9.17) is 5.26 Å². The predicted octanol–water partition coefficient (Wildman–Crippen LogP) is 1.46. The minimum absolute atomic E-state index is 0.227. The van der Waals surface area contributed by atoms with E-state index in [9.17, 15) is 0 Å². The molecule has 0 spiro atoms. The summed E-state index contributed by atoms with van der Waals surface area (Å²) in [7, 11) is 0. The van der Waals surface area contributed by atoms with Gasteiger partial charge in [-0.05, 0) is 5.75 Å². The zero-order valence-electron chi connectivity index (χ0n) is 6.11. The Labute approximate surface area is 69.5 Å². The predicted molar refractivity (Wildman–Crippen MR) is 43.1 cm³/mol. The third-order valence-electron chi connectivity index (χ3n) is 1.04. The lowest BCUT2D eigenvalue weighted by molar-refractivity contribution is 1.06. The molecule has 1 heterocycles. The van der Waals surface area contributed by atoms with Crippen molar-refractivity contribution < 1.29 is 0 Å². The molecule has 0 fully saturated rings. The van der Waals surface area contributed by atoms with Crippen LogP contribution in [0.25, 0.3) is 0 Å². The van der Waals surface area contributed by atoms with E-state index in [1.807, 2.05) is 6.07 Å². The summed E-state index contributed by atoms with van der Waals surface area (Å²) in [5.74, 6) is 1.22. The highest BCUT2D eigenvalue weighted by molar-refractivity contribution is 7.99. The van der Waals surface area contributed by atoms with Gasteiger partial charge in [-0.3, -0.25) is 0 Å². The molecular weight excluding hydrogens is 158 g/mol. The summed E-state index contributed by atoms with van der Waals surface area (Å²) in [6.45, 7) is 2.06. The number of aromatic nitrogens is 2. The van der Waals surface area contributed by atoms with E-state index in [0.29, 0.717) is 0 Å². The Morgan fingerprint density at radius 2 is 2.18 bits per heavy atom. The second kappa shape index (κ2) is 3.94. The van der Waals surface area contributed by atoms with Crippen LogP contribution in [0.3, 0.4) is 0 Å². The smallest absolute Gasteiger partial charge is 0.226 e. The van der Waals surface area contributed by atoms with Crippen LogP contribution in [0.5, 0.6) is 0 Å². The highest BCUT2D eigenvalue weighted by atomic mass is 32.2. The first-order chi connectivity index (χ1) is 5.36. The van der Waals surface area contributed by atoms with Gasteiger partial charge in [0.25, 0.3) is 0 Å². The average molecular weight is 165 g/mol. The first-order valence-corrected chi connectivity index (χ1v) is 4.20. The third-order valence-corrected chi connectivity index (χ3v) is 1.87. The summed E-state index contributed by atoms with van der Waals surface area (Å²) in [5.41, 5.74) is 0. The number of hydrogen-bond acceptors (Lipinski definition) is 4. The van der Waals surface area contributed by atoms with E-state index in [1.54, 1.807) is 24.2 Å². The summed E-state index contributed by atoms with van der Waals surface area (Å²) in [6, 6.07) is 1.86. The van der Waals surface area contributed by atoms with E-state index >= 15 is 0 Å². The second-order valence-corrected chi connectivity index (χ2v) is 3.12. The number of hydrogen-bond donors (Lipinski definition) is 0. The molecule has 4 heteroatoms. The van der Waals surface area contributed by atoms with E-state index in [1.165, 1.54) is 0 Å². The molecule has 1 rings (SSSR count). The highest BCUT2D eigenvalue weighted by Crippen LogP contribution is 2.13. The lowest BCUT2D eigenvalue weighted by Crippen LogP contribution is -1.87. The lowest BCUT2D eigenvalue weighted by Gasteiger charge is -1.94. The molecule has 0 amide bonds. The molecule has 0 N–H and O–H groups in total. The van der Waals surface area contributed by atoms with Gasteiger partial charge >= 0.3 is 0 Å². The van der Waals surface area contributed by atoms with Gasteiger partial charge in [0.15, 0.2) is 0 Å². The molecule has 0 atom stereocenters. The van der Waals surface area contributed by atoms with Gasteiger partial charge in [-0.2, -0.15) is 5.26 Å². The Morgan fingerprint density at radius 1 is 1.55 bits per heavy atom. The molecule has 11 heavy (non-hydrogen) atoms. The van der Waals surface area contributed by atoms with Gasteiger partial charge in [0, 0.05) is 17.3 Å². The molecule has 1 aromatic heterocycles. The summed E-state index contributed by atoms with van der Waals surface area (Å²) in [4.78, 5) is 8.65. The van der Waals surface area contributed by atoms with Crippen LogP contribution >= 0.6 is 11.8 Å². The topological polar surface area (TPSA) is 49.6 Å². The van der Waals surface area contributed by atoms with Crippen LogP contribution in [0.2, 0.25) is 0 Å². The van der Waals surface area contributed by atoms with Crippen molar-refractivity contribution >= 4 is 11.8 Å². The van der Waals surface area contributed by atoms with Crippen LogP contribution in [-0.4, -0.2) is 15.7 Å². The summed E-state index contributed by atoms with van der Waals surface area (Å²) in [5, 5.41) is 8.38. The van der Waals surface area contributed by atoms with Crippen LogP contribution in [0, 0.1) is 11.3 Å². The van der Waals surface area contributed by atoms with Crippen LogP contribution in [0.4, 0.5) is 0 Å².